The fourth-order valence-electron chi connectivity index (χ4n) is 1.63. The van der Waals surface area contributed by atoms with Crippen LogP contribution in [-0.2, 0) is 12.8 Å². The van der Waals surface area contributed by atoms with Gasteiger partial charge in [0, 0.05) is 22.3 Å². The van der Waals surface area contributed by atoms with Crippen LogP contribution >= 0.6 is 11.6 Å². The number of halogens is 4. The minimum atomic E-state index is -4.41. The second-order valence-electron chi connectivity index (χ2n) is 4.17. The number of hydrogen-bond acceptors (Lipinski definition) is 2. The summed E-state index contributed by atoms with van der Waals surface area (Å²) in [6.45, 7) is -0.0633. The number of nitrogens with two attached hydrogens (primary N) is 1. The standard InChI is InChI=1S/C14H11ClF3NO/c15-13-5-4-10(14(16,17)18)6-9(13)8-20-12-3-1-2-11(19)7-12/h1-7H,8,19H2. The molecule has 0 aliphatic carbocycles. The van der Waals surface area contributed by atoms with E-state index in [-0.39, 0.29) is 17.2 Å². The molecule has 20 heavy (non-hydrogen) atoms. The van der Waals surface area contributed by atoms with E-state index in [4.69, 9.17) is 22.1 Å². The normalized spacial score (nSPS) is 11.4. The van der Waals surface area contributed by atoms with Crippen LogP contribution in [0.1, 0.15) is 11.1 Å². The number of alkyl halides is 3. The summed E-state index contributed by atoms with van der Waals surface area (Å²) in [4.78, 5) is 0. The second-order valence-corrected chi connectivity index (χ2v) is 4.57. The Kier molecular flexibility index (Phi) is 4.09. The summed E-state index contributed by atoms with van der Waals surface area (Å²) in [5.41, 5.74) is 5.61. The van der Waals surface area contributed by atoms with Gasteiger partial charge in [0.2, 0.25) is 0 Å². The lowest BCUT2D eigenvalue weighted by molar-refractivity contribution is -0.137. The third-order valence-electron chi connectivity index (χ3n) is 2.63. The molecule has 0 unspecified atom stereocenters. The topological polar surface area (TPSA) is 35.2 Å². The predicted octanol–water partition coefficient (Wildman–Crippen LogP) is 4.52. The Morgan fingerprint density at radius 1 is 1.10 bits per heavy atom. The SMILES string of the molecule is Nc1cccc(OCc2cc(C(F)(F)F)ccc2Cl)c1. The Labute approximate surface area is 118 Å². The van der Waals surface area contributed by atoms with Crippen molar-refractivity contribution in [2.24, 2.45) is 0 Å². The van der Waals surface area contributed by atoms with Gasteiger partial charge < -0.3 is 10.5 Å². The van der Waals surface area contributed by atoms with Crippen LogP contribution in [-0.4, -0.2) is 0 Å². The minimum Gasteiger partial charge on any atom is -0.489 e. The molecule has 0 amide bonds. The molecular formula is C14H11ClF3NO. The van der Waals surface area contributed by atoms with Gasteiger partial charge in [0.05, 0.1) is 5.56 Å². The largest absolute Gasteiger partial charge is 0.489 e. The van der Waals surface area contributed by atoms with Gasteiger partial charge in [0.15, 0.2) is 0 Å². The van der Waals surface area contributed by atoms with Crippen LogP contribution in [0.5, 0.6) is 5.75 Å². The van der Waals surface area contributed by atoms with Gasteiger partial charge in [-0.3, -0.25) is 0 Å². The van der Waals surface area contributed by atoms with Crippen molar-refractivity contribution in [3.05, 3.63) is 58.6 Å². The first kappa shape index (κ1) is 14.5. The maximum atomic E-state index is 12.6. The van der Waals surface area contributed by atoms with E-state index in [2.05, 4.69) is 0 Å². The smallest absolute Gasteiger partial charge is 0.416 e. The number of ether oxygens (including phenoxy) is 1. The van der Waals surface area contributed by atoms with E-state index in [1.165, 1.54) is 6.07 Å². The van der Waals surface area contributed by atoms with Crippen molar-refractivity contribution in [2.45, 2.75) is 12.8 Å². The van der Waals surface area contributed by atoms with E-state index in [0.717, 1.165) is 12.1 Å². The van der Waals surface area contributed by atoms with Gasteiger partial charge >= 0.3 is 6.18 Å². The van der Waals surface area contributed by atoms with Crippen LogP contribution in [0.15, 0.2) is 42.5 Å². The van der Waals surface area contributed by atoms with Crippen molar-refractivity contribution in [3.63, 3.8) is 0 Å². The molecule has 2 rings (SSSR count). The van der Waals surface area contributed by atoms with Gasteiger partial charge in [0.25, 0.3) is 0 Å². The molecule has 2 aromatic rings. The van der Waals surface area contributed by atoms with Gasteiger partial charge in [0.1, 0.15) is 12.4 Å². The fraction of sp³-hybridized carbons (Fsp3) is 0.143. The van der Waals surface area contributed by atoms with Gasteiger partial charge in [-0.05, 0) is 30.3 Å². The number of hydrogen-bond donors (Lipinski definition) is 1. The molecule has 0 radical (unpaired) electrons. The second kappa shape index (κ2) is 5.63. The molecule has 6 heteroatoms. The van der Waals surface area contributed by atoms with E-state index < -0.39 is 11.7 Å². The van der Waals surface area contributed by atoms with Crippen LogP contribution in [0.2, 0.25) is 5.02 Å². The summed E-state index contributed by atoms with van der Waals surface area (Å²) in [6.07, 6.45) is -4.41. The first-order valence-corrected chi connectivity index (χ1v) is 6.08. The molecule has 0 saturated heterocycles. The monoisotopic (exact) mass is 301 g/mol. The van der Waals surface area contributed by atoms with E-state index in [0.29, 0.717) is 11.4 Å². The molecule has 2 N–H and O–H groups in total. The molecule has 0 saturated carbocycles. The van der Waals surface area contributed by atoms with Gasteiger partial charge in [-0.2, -0.15) is 13.2 Å². The zero-order valence-electron chi connectivity index (χ0n) is 10.2. The van der Waals surface area contributed by atoms with Crippen LogP contribution in [0.4, 0.5) is 18.9 Å². The highest BCUT2D eigenvalue weighted by Crippen LogP contribution is 2.32. The molecule has 0 aromatic heterocycles. The Hall–Kier alpha value is -1.88. The van der Waals surface area contributed by atoms with Gasteiger partial charge in [-0.1, -0.05) is 17.7 Å². The molecule has 0 aliphatic rings. The molecule has 0 fully saturated rings. The minimum absolute atomic E-state index is 0.0633. The lowest BCUT2D eigenvalue weighted by atomic mass is 10.1. The highest BCUT2D eigenvalue weighted by Gasteiger charge is 2.30. The fourth-order valence-corrected chi connectivity index (χ4v) is 1.80. The number of nitrogen functional groups attached to an aromatic ring is 1. The molecule has 0 aliphatic heterocycles. The summed E-state index contributed by atoms with van der Waals surface area (Å²) in [5.74, 6) is 0.471. The molecule has 2 nitrogen and oxygen atoms in total. The van der Waals surface area contributed by atoms with Crippen LogP contribution < -0.4 is 10.5 Å². The number of rotatable bonds is 3. The first-order chi connectivity index (χ1) is 9.36. The van der Waals surface area contributed by atoms with Crippen molar-refractivity contribution >= 4 is 17.3 Å². The molecule has 0 atom stereocenters. The summed E-state index contributed by atoms with van der Waals surface area (Å²) in [6, 6.07) is 9.76. The zero-order chi connectivity index (χ0) is 14.8. The summed E-state index contributed by atoms with van der Waals surface area (Å²) in [5, 5.41) is 0.224. The predicted molar refractivity (Wildman–Crippen MR) is 71.6 cm³/mol. The van der Waals surface area contributed by atoms with Crippen molar-refractivity contribution < 1.29 is 17.9 Å². The van der Waals surface area contributed by atoms with Crippen molar-refractivity contribution in [2.75, 3.05) is 5.73 Å². The van der Waals surface area contributed by atoms with Crippen LogP contribution in [0.3, 0.4) is 0 Å². The van der Waals surface area contributed by atoms with Crippen molar-refractivity contribution in [1.82, 2.24) is 0 Å². The van der Waals surface area contributed by atoms with E-state index in [9.17, 15) is 13.2 Å². The average molecular weight is 302 g/mol. The molecular weight excluding hydrogens is 291 g/mol. The number of anilines is 1. The molecule has 2 aromatic carbocycles. The third-order valence-corrected chi connectivity index (χ3v) is 2.99. The maximum absolute atomic E-state index is 12.6. The lowest BCUT2D eigenvalue weighted by Crippen LogP contribution is -2.06. The highest BCUT2D eigenvalue weighted by atomic mass is 35.5. The van der Waals surface area contributed by atoms with E-state index >= 15 is 0 Å². The zero-order valence-corrected chi connectivity index (χ0v) is 11.0. The quantitative estimate of drug-likeness (QED) is 0.846. The Bertz CT molecular complexity index is 614. The number of benzene rings is 2. The molecule has 0 heterocycles. The molecule has 106 valence electrons. The average Bonchev–Trinajstić information content (AvgIpc) is 2.36. The summed E-state index contributed by atoms with van der Waals surface area (Å²) >= 11 is 5.87. The Morgan fingerprint density at radius 3 is 2.50 bits per heavy atom. The summed E-state index contributed by atoms with van der Waals surface area (Å²) < 4.78 is 43.2. The first-order valence-electron chi connectivity index (χ1n) is 5.70. The van der Waals surface area contributed by atoms with Crippen molar-refractivity contribution in [3.8, 4) is 5.75 Å². The van der Waals surface area contributed by atoms with Gasteiger partial charge in [-0.15, -0.1) is 0 Å². The van der Waals surface area contributed by atoms with Crippen LogP contribution in [0.25, 0.3) is 0 Å². The Morgan fingerprint density at radius 2 is 1.85 bits per heavy atom. The third kappa shape index (κ3) is 3.57. The summed E-state index contributed by atoms with van der Waals surface area (Å²) in [7, 11) is 0. The van der Waals surface area contributed by atoms with Gasteiger partial charge in [-0.25, -0.2) is 0 Å². The van der Waals surface area contributed by atoms with Crippen LogP contribution in [0, 0.1) is 0 Å². The van der Waals surface area contributed by atoms with E-state index in [1.807, 2.05) is 0 Å². The Balaban J connectivity index is 2.17. The lowest BCUT2D eigenvalue weighted by Gasteiger charge is -2.12. The van der Waals surface area contributed by atoms with E-state index in [1.54, 1.807) is 24.3 Å². The van der Waals surface area contributed by atoms with Crippen molar-refractivity contribution in [1.29, 1.82) is 0 Å². The maximum Gasteiger partial charge on any atom is 0.416 e. The molecule has 0 spiro atoms. The highest BCUT2D eigenvalue weighted by molar-refractivity contribution is 6.31. The molecule has 0 bridgehead atoms.